The fourth-order valence-corrected chi connectivity index (χ4v) is 3.86. The number of piperazine rings is 1. The SMILES string of the molecule is CCOC(=O)N1CCN(c2cc(C)nc3c(-c4ccc(Cl)cc4)c(C)nn23)CC1. The van der Waals surface area contributed by atoms with E-state index in [9.17, 15) is 4.79 Å². The minimum atomic E-state index is -0.247. The second-order valence-corrected chi connectivity index (χ2v) is 7.57. The summed E-state index contributed by atoms with van der Waals surface area (Å²) < 4.78 is 7.03. The van der Waals surface area contributed by atoms with Crippen LogP contribution in [0.25, 0.3) is 16.8 Å². The number of anilines is 1. The highest BCUT2D eigenvalue weighted by Crippen LogP contribution is 2.31. The molecule has 29 heavy (non-hydrogen) atoms. The molecule has 0 N–H and O–H groups in total. The number of carbonyl (C=O) groups is 1. The number of aryl methyl sites for hydroxylation is 2. The summed E-state index contributed by atoms with van der Waals surface area (Å²) in [6.07, 6.45) is -0.247. The van der Waals surface area contributed by atoms with Crippen molar-refractivity contribution in [3.8, 4) is 11.1 Å². The van der Waals surface area contributed by atoms with E-state index in [2.05, 4.69) is 4.90 Å². The second-order valence-electron chi connectivity index (χ2n) is 7.13. The van der Waals surface area contributed by atoms with Gasteiger partial charge in [-0.15, -0.1) is 0 Å². The molecule has 4 rings (SSSR count). The Hall–Kier alpha value is -2.80. The summed E-state index contributed by atoms with van der Waals surface area (Å²) in [5, 5.41) is 5.49. The van der Waals surface area contributed by atoms with Gasteiger partial charge in [-0.1, -0.05) is 23.7 Å². The molecule has 1 fully saturated rings. The summed E-state index contributed by atoms with van der Waals surface area (Å²) in [6, 6.07) is 9.80. The normalized spacial score (nSPS) is 14.5. The summed E-state index contributed by atoms with van der Waals surface area (Å²) in [4.78, 5) is 20.8. The van der Waals surface area contributed by atoms with E-state index >= 15 is 0 Å². The van der Waals surface area contributed by atoms with Crippen LogP contribution in [-0.4, -0.2) is 58.4 Å². The number of nitrogens with zero attached hydrogens (tertiary/aromatic N) is 5. The number of hydrogen-bond acceptors (Lipinski definition) is 5. The van der Waals surface area contributed by atoms with Gasteiger partial charge >= 0.3 is 6.09 Å². The van der Waals surface area contributed by atoms with E-state index in [4.69, 9.17) is 26.4 Å². The molecule has 0 spiro atoms. The van der Waals surface area contributed by atoms with Crippen LogP contribution >= 0.6 is 11.6 Å². The van der Waals surface area contributed by atoms with Gasteiger partial charge in [-0.25, -0.2) is 9.78 Å². The predicted molar refractivity (Wildman–Crippen MR) is 114 cm³/mol. The lowest BCUT2D eigenvalue weighted by atomic mass is 10.1. The third kappa shape index (κ3) is 3.74. The largest absolute Gasteiger partial charge is 0.450 e. The Morgan fingerprint density at radius 3 is 2.48 bits per heavy atom. The molecule has 0 unspecified atom stereocenters. The van der Waals surface area contributed by atoms with Crippen molar-refractivity contribution in [3.05, 3.63) is 46.7 Å². The summed E-state index contributed by atoms with van der Waals surface area (Å²) >= 11 is 6.06. The molecular weight excluding hydrogens is 390 g/mol. The Morgan fingerprint density at radius 1 is 1.14 bits per heavy atom. The molecule has 1 saturated heterocycles. The van der Waals surface area contributed by atoms with Crippen LogP contribution < -0.4 is 4.90 Å². The zero-order valence-electron chi connectivity index (χ0n) is 16.9. The number of aromatic nitrogens is 3. The number of halogens is 1. The quantitative estimate of drug-likeness (QED) is 0.650. The van der Waals surface area contributed by atoms with E-state index < -0.39 is 0 Å². The van der Waals surface area contributed by atoms with E-state index in [1.165, 1.54) is 0 Å². The lowest BCUT2D eigenvalue weighted by molar-refractivity contribution is 0.105. The van der Waals surface area contributed by atoms with Crippen LogP contribution in [0.1, 0.15) is 18.3 Å². The molecule has 1 aliphatic heterocycles. The van der Waals surface area contributed by atoms with Crippen molar-refractivity contribution in [2.24, 2.45) is 0 Å². The molecule has 8 heteroatoms. The van der Waals surface area contributed by atoms with Crippen molar-refractivity contribution in [3.63, 3.8) is 0 Å². The molecule has 1 amide bonds. The molecule has 0 atom stereocenters. The number of ether oxygens (including phenoxy) is 1. The van der Waals surface area contributed by atoms with Gasteiger partial charge in [-0.05, 0) is 38.5 Å². The number of carbonyl (C=O) groups excluding carboxylic acids is 1. The standard InChI is InChI=1S/C21H24ClN5O2/c1-4-29-21(28)26-11-9-25(10-12-26)18-13-14(2)23-20-19(15(3)24-27(18)20)16-5-7-17(22)8-6-16/h5-8,13H,4,9-12H2,1-3H3. The van der Waals surface area contributed by atoms with Crippen molar-refractivity contribution in [1.29, 1.82) is 0 Å². The van der Waals surface area contributed by atoms with E-state index in [0.29, 0.717) is 37.8 Å². The topological polar surface area (TPSA) is 63.0 Å². The number of rotatable bonds is 3. The highest BCUT2D eigenvalue weighted by molar-refractivity contribution is 6.30. The first-order chi connectivity index (χ1) is 14.0. The fraction of sp³-hybridized carbons (Fsp3) is 0.381. The molecule has 0 radical (unpaired) electrons. The van der Waals surface area contributed by atoms with Gasteiger partial charge in [0.1, 0.15) is 5.82 Å². The van der Waals surface area contributed by atoms with Gasteiger partial charge in [0, 0.05) is 48.5 Å². The zero-order valence-corrected chi connectivity index (χ0v) is 17.6. The Bertz CT molecular complexity index is 1040. The Morgan fingerprint density at radius 2 is 1.83 bits per heavy atom. The van der Waals surface area contributed by atoms with E-state index in [0.717, 1.165) is 34.0 Å². The average Bonchev–Trinajstić information content (AvgIpc) is 3.04. The number of fused-ring (bicyclic) bond motifs is 1. The van der Waals surface area contributed by atoms with Crippen LogP contribution in [0.15, 0.2) is 30.3 Å². The summed E-state index contributed by atoms with van der Waals surface area (Å²) in [7, 11) is 0. The highest BCUT2D eigenvalue weighted by atomic mass is 35.5. The average molecular weight is 414 g/mol. The molecule has 1 aliphatic rings. The van der Waals surface area contributed by atoms with Crippen molar-refractivity contribution in [2.45, 2.75) is 20.8 Å². The first-order valence-corrected chi connectivity index (χ1v) is 10.1. The minimum Gasteiger partial charge on any atom is -0.450 e. The molecule has 152 valence electrons. The van der Waals surface area contributed by atoms with Gasteiger partial charge in [-0.3, -0.25) is 0 Å². The summed E-state index contributed by atoms with van der Waals surface area (Å²) in [5.74, 6) is 0.985. The van der Waals surface area contributed by atoms with Gasteiger partial charge in [0.25, 0.3) is 0 Å². The molecule has 0 aliphatic carbocycles. The van der Waals surface area contributed by atoms with Crippen molar-refractivity contribution in [1.82, 2.24) is 19.5 Å². The lowest BCUT2D eigenvalue weighted by Crippen LogP contribution is -2.49. The smallest absolute Gasteiger partial charge is 0.409 e. The highest BCUT2D eigenvalue weighted by Gasteiger charge is 2.25. The third-order valence-electron chi connectivity index (χ3n) is 5.14. The molecule has 7 nitrogen and oxygen atoms in total. The van der Waals surface area contributed by atoms with Gasteiger partial charge < -0.3 is 14.5 Å². The molecule has 3 heterocycles. The van der Waals surface area contributed by atoms with Crippen molar-refractivity contribution >= 4 is 29.2 Å². The van der Waals surface area contributed by atoms with E-state index in [1.807, 2.05) is 55.6 Å². The van der Waals surface area contributed by atoms with Crippen LogP contribution in [0.5, 0.6) is 0 Å². The maximum Gasteiger partial charge on any atom is 0.409 e. The molecule has 0 saturated carbocycles. The minimum absolute atomic E-state index is 0.247. The van der Waals surface area contributed by atoms with Gasteiger partial charge in [0.05, 0.1) is 12.3 Å². The summed E-state index contributed by atoms with van der Waals surface area (Å²) in [5.41, 5.74) is 4.72. The molecular formula is C21H24ClN5O2. The number of benzene rings is 1. The Balaban J connectivity index is 1.69. The monoisotopic (exact) mass is 413 g/mol. The van der Waals surface area contributed by atoms with Crippen LogP contribution in [0.3, 0.4) is 0 Å². The maximum absolute atomic E-state index is 12.0. The Kier molecular flexibility index (Phi) is 5.32. The van der Waals surface area contributed by atoms with Crippen LogP contribution in [0.4, 0.5) is 10.6 Å². The second kappa shape index (κ2) is 7.91. The first-order valence-electron chi connectivity index (χ1n) is 9.77. The molecule has 1 aromatic carbocycles. The fourth-order valence-electron chi connectivity index (χ4n) is 3.74. The van der Waals surface area contributed by atoms with Crippen LogP contribution in [-0.2, 0) is 4.74 Å². The first kappa shape index (κ1) is 19.5. The van der Waals surface area contributed by atoms with Crippen LogP contribution in [0.2, 0.25) is 5.02 Å². The van der Waals surface area contributed by atoms with Crippen LogP contribution in [0, 0.1) is 13.8 Å². The molecule has 0 bridgehead atoms. The maximum atomic E-state index is 12.0. The number of hydrogen-bond donors (Lipinski definition) is 0. The third-order valence-corrected chi connectivity index (χ3v) is 5.39. The van der Waals surface area contributed by atoms with Crippen molar-refractivity contribution < 1.29 is 9.53 Å². The Labute approximate surface area is 174 Å². The zero-order chi connectivity index (χ0) is 20.5. The molecule has 2 aromatic heterocycles. The van der Waals surface area contributed by atoms with E-state index in [-0.39, 0.29) is 6.09 Å². The molecule has 3 aromatic rings. The predicted octanol–water partition coefficient (Wildman–Crippen LogP) is 3.95. The summed E-state index contributed by atoms with van der Waals surface area (Å²) in [6.45, 7) is 8.87. The number of amides is 1. The van der Waals surface area contributed by atoms with Gasteiger partial charge in [-0.2, -0.15) is 9.61 Å². The van der Waals surface area contributed by atoms with Crippen molar-refractivity contribution in [2.75, 3.05) is 37.7 Å². The van der Waals surface area contributed by atoms with E-state index in [1.54, 1.807) is 4.90 Å². The van der Waals surface area contributed by atoms with Gasteiger partial charge in [0.2, 0.25) is 0 Å². The lowest BCUT2D eigenvalue weighted by Gasteiger charge is -2.35. The van der Waals surface area contributed by atoms with Gasteiger partial charge in [0.15, 0.2) is 5.65 Å².